The van der Waals surface area contributed by atoms with Crippen LogP contribution in [0.4, 0.5) is 0 Å². The second-order valence-corrected chi connectivity index (χ2v) is 21.2. The van der Waals surface area contributed by atoms with Crippen LogP contribution in [0.2, 0.25) is 0 Å². The third-order valence-electron chi connectivity index (χ3n) is 16.0. The predicted molar refractivity (Wildman–Crippen MR) is 284 cm³/mol. The molecule has 74 heavy (non-hydrogen) atoms. The summed E-state index contributed by atoms with van der Waals surface area (Å²) in [7, 11) is 0. The summed E-state index contributed by atoms with van der Waals surface area (Å²) in [5.74, 6) is 1.52. The maximum Gasteiger partial charge on any atom is 0.302 e. The van der Waals surface area contributed by atoms with Crippen LogP contribution in [0.25, 0.3) is 10.9 Å². The number of pyridine rings is 1. The molecule has 10 rings (SSSR count). The summed E-state index contributed by atoms with van der Waals surface area (Å²) in [4.78, 5) is 25.3. The van der Waals surface area contributed by atoms with E-state index in [0.717, 1.165) is 106 Å². The average Bonchev–Trinajstić information content (AvgIpc) is 4.00. The van der Waals surface area contributed by atoms with E-state index in [0.29, 0.717) is 49.4 Å². The summed E-state index contributed by atoms with van der Waals surface area (Å²) in [6.07, 6.45) is 24.0. The lowest BCUT2D eigenvalue weighted by Gasteiger charge is -2.55. The minimum absolute atomic E-state index is 0.0228. The number of nitrogens with zero attached hydrogens (tertiary/aromatic N) is 3. The van der Waals surface area contributed by atoms with Crippen LogP contribution in [-0.2, 0) is 33.5 Å². The number of esters is 1. The molecular formula is C58H74N8O8. The Labute approximate surface area is 433 Å². The molecule has 16 nitrogen and oxygen atoms in total. The van der Waals surface area contributed by atoms with E-state index in [4.69, 9.17) is 29.7 Å². The number of unbranched alkanes of at least 4 members (excludes halogenated alkanes) is 2. The van der Waals surface area contributed by atoms with E-state index in [1.807, 2.05) is 36.5 Å². The SMILES string of the molecule is CCCCC[C@H](Cc1ccc(O)c(O[C@H]2CCC[C@@]3(C2)NC(=NCCCC2=CCNC(N)=C2)N[C@@H]2[C@H]3CCc3c4cc[nH]c4cn32)c1)[C@H]1C[C@@H](OC(C)=O)C[C@@H](c2cc(O)c(O)c(OCCc3cccnc3)c2)O1. The van der Waals surface area contributed by atoms with Gasteiger partial charge in [0.1, 0.15) is 18.4 Å². The summed E-state index contributed by atoms with van der Waals surface area (Å²) in [5.41, 5.74) is 12.1. The number of aromatic hydroxyl groups is 3. The number of rotatable bonds is 19. The molecule has 5 aliphatic rings. The van der Waals surface area contributed by atoms with Gasteiger partial charge in [-0.3, -0.25) is 14.8 Å². The molecule has 3 aromatic heterocycles. The van der Waals surface area contributed by atoms with Crippen LogP contribution in [0.1, 0.15) is 132 Å². The van der Waals surface area contributed by atoms with Crippen LogP contribution < -0.4 is 31.2 Å². The second-order valence-electron chi connectivity index (χ2n) is 21.2. The van der Waals surface area contributed by atoms with Gasteiger partial charge in [0.25, 0.3) is 0 Å². The largest absolute Gasteiger partial charge is 0.504 e. The number of hydrogen-bond donors (Lipinski definition) is 8. The van der Waals surface area contributed by atoms with Crippen molar-refractivity contribution in [2.45, 2.75) is 153 Å². The Morgan fingerprint density at radius 2 is 1.93 bits per heavy atom. The standard InChI is InChI=1S/C58H74N8O8/c1-3-4-5-11-40(50-31-43(72-36(2)67)32-51(74-50)41-29-49(69)55(70)53(30-41)71-25-19-38-10-7-21-60-34-38)26-39-13-16-48(68)52(27-39)73-42-12-6-20-58(33-42)45-14-15-47-44-18-24-61-46(44)35-66(47)56(45)64-57(65-58)63-22-8-9-37-17-23-62-54(59)28-37/h7,10,13,16-18,21,24,27-30,34-35,40,42-43,45,50-51,56,61-62,68-70H,3-6,8-9,11-12,14-15,19-20,22-23,25-26,31-33,59H2,1-2H3,(H2,63,64,65)/t40-,42+,43-,45-,50-,51+,56+,58+/m1/s1. The normalized spacial score (nSPS) is 25.4. The Bertz CT molecular complexity index is 2840. The van der Waals surface area contributed by atoms with Crippen LogP contribution in [0.5, 0.6) is 28.7 Å². The van der Waals surface area contributed by atoms with E-state index in [1.54, 1.807) is 24.5 Å². The third kappa shape index (κ3) is 11.6. The summed E-state index contributed by atoms with van der Waals surface area (Å²) < 4.78 is 28.4. The highest BCUT2D eigenvalue weighted by atomic mass is 16.6. The number of nitrogens with one attached hydrogen (secondary N) is 4. The van der Waals surface area contributed by atoms with Gasteiger partial charge in [0, 0.05) is 87.5 Å². The number of ether oxygens (including phenoxy) is 4. The predicted octanol–water partition coefficient (Wildman–Crippen LogP) is 9.17. The van der Waals surface area contributed by atoms with Gasteiger partial charge in [-0.2, -0.15) is 0 Å². The molecule has 1 aliphatic carbocycles. The van der Waals surface area contributed by atoms with Crippen LogP contribution in [-0.4, -0.2) is 85.3 Å². The Morgan fingerprint density at radius 1 is 1.03 bits per heavy atom. The highest BCUT2D eigenvalue weighted by molar-refractivity contribution is 5.85. The van der Waals surface area contributed by atoms with Gasteiger partial charge in [0.15, 0.2) is 29.0 Å². The molecule has 8 atom stereocenters. The number of H-pyrrole nitrogens is 1. The van der Waals surface area contributed by atoms with Crippen molar-refractivity contribution in [3.8, 4) is 28.7 Å². The van der Waals surface area contributed by atoms with Crippen molar-refractivity contribution < 1.29 is 39.1 Å². The maximum absolute atomic E-state index is 12.5. The molecule has 1 saturated carbocycles. The van der Waals surface area contributed by atoms with Crippen molar-refractivity contribution in [3.63, 3.8) is 0 Å². The smallest absolute Gasteiger partial charge is 0.302 e. The van der Waals surface area contributed by atoms with E-state index in [9.17, 15) is 20.1 Å². The highest BCUT2D eigenvalue weighted by Gasteiger charge is 2.52. The molecule has 394 valence electrons. The molecule has 9 N–H and O–H groups in total. The van der Waals surface area contributed by atoms with Crippen LogP contribution in [0.15, 0.2) is 102 Å². The Hall–Kier alpha value is -6.81. The Balaban J connectivity index is 0.866. The number of allylic oxidation sites excluding steroid dienone is 2. The summed E-state index contributed by atoms with van der Waals surface area (Å²) in [6.45, 7) is 5.29. The third-order valence-corrected chi connectivity index (χ3v) is 16.0. The molecule has 16 heteroatoms. The lowest BCUT2D eigenvalue weighted by atomic mass is 9.67. The zero-order valence-electron chi connectivity index (χ0n) is 42.9. The van der Waals surface area contributed by atoms with Crippen molar-refractivity contribution in [2.24, 2.45) is 22.6 Å². The number of aryl methyl sites for hydroxylation is 1. The highest BCUT2D eigenvalue weighted by Crippen LogP contribution is 2.49. The first-order valence-corrected chi connectivity index (χ1v) is 27.1. The second kappa shape index (κ2) is 22.8. The van der Waals surface area contributed by atoms with E-state index in [2.05, 4.69) is 55.7 Å². The minimum Gasteiger partial charge on any atom is -0.504 e. The molecule has 3 fully saturated rings. The van der Waals surface area contributed by atoms with Gasteiger partial charge in [-0.25, -0.2) is 0 Å². The number of aliphatic imine (C=N–C) groups is 1. The van der Waals surface area contributed by atoms with Crippen LogP contribution in [0, 0.1) is 11.8 Å². The first-order chi connectivity index (χ1) is 36.0. The Kier molecular flexibility index (Phi) is 15.6. The van der Waals surface area contributed by atoms with Crippen molar-refractivity contribution >= 4 is 22.8 Å². The number of phenols is 3. The summed E-state index contributed by atoms with van der Waals surface area (Å²) in [6, 6.07) is 15.0. The van der Waals surface area contributed by atoms with Gasteiger partial charge in [0.2, 0.25) is 5.75 Å². The molecule has 0 bridgehead atoms. The molecule has 0 amide bonds. The van der Waals surface area contributed by atoms with Crippen molar-refractivity contribution in [2.75, 3.05) is 19.7 Å². The molecule has 0 unspecified atom stereocenters. The number of nitrogens with two attached hydrogens (primary N) is 1. The quantitative estimate of drug-likeness (QED) is 0.0220. The van der Waals surface area contributed by atoms with E-state index in [1.165, 1.54) is 29.6 Å². The van der Waals surface area contributed by atoms with Crippen molar-refractivity contribution in [1.29, 1.82) is 0 Å². The van der Waals surface area contributed by atoms with Crippen LogP contribution >= 0.6 is 0 Å². The number of phenolic OH excluding ortho intramolecular Hbond substituents is 3. The molecule has 2 saturated heterocycles. The number of dihydropyridines is 1. The number of carbonyl (C=O) groups excluding carboxylic acids is 1. The molecule has 2 aromatic carbocycles. The fourth-order valence-electron chi connectivity index (χ4n) is 12.5. The van der Waals surface area contributed by atoms with Gasteiger partial charge in [-0.1, -0.05) is 44.4 Å². The van der Waals surface area contributed by atoms with Gasteiger partial charge in [-0.05, 0) is 128 Å². The number of hydrogen-bond acceptors (Lipinski definition) is 12. The van der Waals surface area contributed by atoms with Gasteiger partial charge < -0.3 is 65.5 Å². The number of aromatic nitrogens is 3. The lowest BCUT2D eigenvalue weighted by molar-refractivity contribution is -0.165. The maximum atomic E-state index is 12.5. The number of carbonyl (C=O) groups is 1. The molecule has 0 radical (unpaired) electrons. The van der Waals surface area contributed by atoms with E-state index < -0.39 is 12.2 Å². The lowest BCUT2D eigenvalue weighted by Crippen LogP contribution is -2.69. The van der Waals surface area contributed by atoms with Gasteiger partial charge in [0.05, 0.1) is 35.7 Å². The number of guanidine groups is 1. The minimum atomic E-state index is -0.554. The zero-order chi connectivity index (χ0) is 51.2. The summed E-state index contributed by atoms with van der Waals surface area (Å²) >= 11 is 0. The first-order valence-electron chi connectivity index (χ1n) is 27.1. The topological polar surface area (TPSA) is 223 Å². The average molecular weight is 1010 g/mol. The Morgan fingerprint density at radius 3 is 2.77 bits per heavy atom. The zero-order valence-corrected chi connectivity index (χ0v) is 42.9. The fourth-order valence-corrected chi connectivity index (χ4v) is 12.5. The molecule has 5 aromatic rings. The van der Waals surface area contributed by atoms with Crippen molar-refractivity contribution in [3.05, 3.63) is 119 Å². The molecule has 1 spiro atoms. The first kappa shape index (κ1) is 50.7. The monoisotopic (exact) mass is 1010 g/mol. The molecule has 4 aliphatic heterocycles. The number of benzene rings is 2. The van der Waals surface area contributed by atoms with Crippen molar-refractivity contribution in [1.82, 2.24) is 30.5 Å². The van der Waals surface area contributed by atoms with Gasteiger partial charge in [-0.15, -0.1) is 0 Å². The summed E-state index contributed by atoms with van der Waals surface area (Å²) in [5, 5.41) is 45.6. The fraction of sp³-hybridized carbons (Fsp3) is 0.500. The van der Waals surface area contributed by atoms with Crippen LogP contribution in [0.3, 0.4) is 0 Å². The number of aromatic amines is 1. The number of fused-ring (bicyclic) bond motifs is 6. The van der Waals surface area contributed by atoms with E-state index >= 15 is 0 Å². The van der Waals surface area contributed by atoms with E-state index in [-0.39, 0.29) is 71.3 Å². The molecule has 7 heterocycles. The van der Waals surface area contributed by atoms with Gasteiger partial charge >= 0.3 is 5.97 Å². The molecular weight excluding hydrogens is 937 g/mol.